The van der Waals surface area contributed by atoms with E-state index in [1.807, 2.05) is 37.3 Å². The Labute approximate surface area is 167 Å². The Hall–Kier alpha value is -2.63. The molecular weight excluding hydrogens is 350 g/mol. The van der Waals surface area contributed by atoms with Crippen LogP contribution in [-0.2, 0) is 4.79 Å². The molecule has 3 rings (SSSR count). The predicted molar refractivity (Wildman–Crippen MR) is 115 cm³/mol. The van der Waals surface area contributed by atoms with E-state index < -0.39 is 0 Å². The molecule has 1 fully saturated rings. The van der Waals surface area contributed by atoms with Gasteiger partial charge in [-0.3, -0.25) is 4.79 Å². The van der Waals surface area contributed by atoms with Crippen molar-refractivity contribution in [1.82, 2.24) is 9.97 Å². The SMILES string of the molecule is CCCNc1cc(N2CCCC(CCC(=O)Nc3ccccc3C)C2)ncn1. The maximum absolute atomic E-state index is 12.4. The molecule has 1 atom stereocenters. The first-order valence-corrected chi connectivity index (χ1v) is 10.3. The normalized spacial score (nSPS) is 16.6. The second kappa shape index (κ2) is 10.1. The van der Waals surface area contributed by atoms with Gasteiger partial charge in [0.2, 0.25) is 5.91 Å². The summed E-state index contributed by atoms with van der Waals surface area (Å²) in [5, 5.41) is 6.36. The largest absolute Gasteiger partial charge is 0.370 e. The van der Waals surface area contributed by atoms with E-state index in [1.54, 1.807) is 6.33 Å². The number of piperidine rings is 1. The van der Waals surface area contributed by atoms with Gasteiger partial charge in [0.05, 0.1) is 0 Å². The molecule has 6 nitrogen and oxygen atoms in total. The van der Waals surface area contributed by atoms with Crippen LogP contribution in [0.25, 0.3) is 0 Å². The predicted octanol–water partition coefficient (Wildman–Crippen LogP) is 4.24. The van der Waals surface area contributed by atoms with Crippen molar-refractivity contribution in [1.29, 1.82) is 0 Å². The average Bonchev–Trinajstić information content (AvgIpc) is 2.73. The summed E-state index contributed by atoms with van der Waals surface area (Å²) in [6.45, 7) is 7.02. The first kappa shape index (κ1) is 20.1. The number of aryl methyl sites for hydroxylation is 1. The second-order valence-electron chi connectivity index (χ2n) is 7.54. The van der Waals surface area contributed by atoms with E-state index in [0.29, 0.717) is 12.3 Å². The van der Waals surface area contributed by atoms with E-state index >= 15 is 0 Å². The number of hydrogen-bond acceptors (Lipinski definition) is 5. The van der Waals surface area contributed by atoms with Crippen molar-refractivity contribution in [3.63, 3.8) is 0 Å². The molecule has 0 saturated carbocycles. The van der Waals surface area contributed by atoms with Crippen molar-refractivity contribution in [3.05, 3.63) is 42.2 Å². The molecule has 1 unspecified atom stereocenters. The fraction of sp³-hybridized carbons (Fsp3) is 0.500. The summed E-state index contributed by atoms with van der Waals surface area (Å²) in [6, 6.07) is 9.93. The number of anilines is 3. The van der Waals surface area contributed by atoms with Gasteiger partial charge in [-0.15, -0.1) is 0 Å². The monoisotopic (exact) mass is 381 g/mol. The molecule has 1 aliphatic heterocycles. The maximum atomic E-state index is 12.4. The van der Waals surface area contributed by atoms with Crippen LogP contribution >= 0.6 is 0 Å². The summed E-state index contributed by atoms with van der Waals surface area (Å²) in [7, 11) is 0. The van der Waals surface area contributed by atoms with Crippen LogP contribution in [0.15, 0.2) is 36.7 Å². The van der Waals surface area contributed by atoms with Crippen LogP contribution in [0, 0.1) is 12.8 Å². The molecule has 0 bridgehead atoms. The number of nitrogens with one attached hydrogen (secondary N) is 2. The zero-order valence-electron chi connectivity index (χ0n) is 16.9. The molecule has 6 heteroatoms. The molecular formula is C22H31N5O. The Morgan fingerprint density at radius 2 is 2.14 bits per heavy atom. The first-order valence-electron chi connectivity index (χ1n) is 10.3. The number of hydrogen-bond donors (Lipinski definition) is 2. The van der Waals surface area contributed by atoms with E-state index in [0.717, 1.165) is 61.8 Å². The summed E-state index contributed by atoms with van der Waals surface area (Å²) >= 11 is 0. The van der Waals surface area contributed by atoms with E-state index in [-0.39, 0.29) is 5.91 Å². The fourth-order valence-electron chi connectivity index (χ4n) is 3.64. The third-order valence-corrected chi connectivity index (χ3v) is 5.25. The number of rotatable bonds is 8. The molecule has 150 valence electrons. The summed E-state index contributed by atoms with van der Waals surface area (Å²) in [5.41, 5.74) is 2.00. The average molecular weight is 382 g/mol. The van der Waals surface area contributed by atoms with Crippen LogP contribution in [-0.4, -0.2) is 35.5 Å². The Bertz CT molecular complexity index is 779. The van der Waals surface area contributed by atoms with Crippen molar-refractivity contribution in [3.8, 4) is 0 Å². The zero-order chi connectivity index (χ0) is 19.8. The van der Waals surface area contributed by atoms with E-state index in [9.17, 15) is 4.79 Å². The summed E-state index contributed by atoms with van der Waals surface area (Å²) in [6.07, 6.45) is 6.45. The van der Waals surface area contributed by atoms with Gasteiger partial charge in [-0.2, -0.15) is 0 Å². The van der Waals surface area contributed by atoms with Crippen LogP contribution < -0.4 is 15.5 Å². The van der Waals surface area contributed by atoms with Crippen molar-refractivity contribution in [2.75, 3.05) is 35.2 Å². The van der Waals surface area contributed by atoms with Crippen LogP contribution in [0.3, 0.4) is 0 Å². The molecule has 1 aromatic carbocycles. The van der Waals surface area contributed by atoms with Crippen molar-refractivity contribution in [2.24, 2.45) is 5.92 Å². The zero-order valence-corrected chi connectivity index (χ0v) is 16.9. The summed E-state index contributed by atoms with van der Waals surface area (Å²) in [4.78, 5) is 23.4. The molecule has 0 aliphatic carbocycles. The minimum Gasteiger partial charge on any atom is -0.370 e. The second-order valence-corrected chi connectivity index (χ2v) is 7.54. The van der Waals surface area contributed by atoms with Gasteiger partial charge in [-0.1, -0.05) is 25.1 Å². The van der Waals surface area contributed by atoms with Crippen molar-refractivity contribution in [2.45, 2.75) is 46.0 Å². The lowest BCUT2D eigenvalue weighted by Gasteiger charge is -2.33. The van der Waals surface area contributed by atoms with Gasteiger partial charge in [0.15, 0.2) is 0 Å². The van der Waals surface area contributed by atoms with Gasteiger partial charge in [-0.25, -0.2) is 9.97 Å². The molecule has 1 saturated heterocycles. The highest BCUT2D eigenvalue weighted by Gasteiger charge is 2.22. The number of carbonyl (C=O) groups excluding carboxylic acids is 1. The molecule has 1 amide bonds. The highest BCUT2D eigenvalue weighted by molar-refractivity contribution is 5.91. The minimum absolute atomic E-state index is 0.0968. The quantitative estimate of drug-likeness (QED) is 0.716. The fourth-order valence-corrected chi connectivity index (χ4v) is 3.64. The highest BCUT2D eigenvalue weighted by atomic mass is 16.1. The molecule has 2 N–H and O–H groups in total. The third-order valence-electron chi connectivity index (χ3n) is 5.25. The molecule has 2 aromatic rings. The van der Waals surface area contributed by atoms with E-state index in [1.165, 1.54) is 6.42 Å². The van der Waals surface area contributed by atoms with Crippen LogP contribution in [0.5, 0.6) is 0 Å². The Balaban J connectivity index is 1.51. The maximum Gasteiger partial charge on any atom is 0.224 e. The lowest BCUT2D eigenvalue weighted by molar-refractivity contribution is -0.116. The van der Waals surface area contributed by atoms with Crippen LogP contribution in [0.1, 0.15) is 44.6 Å². The lowest BCUT2D eigenvalue weighted by Crippen LogP contribution is -2.36. The van der Waals surface area contributed by atoms with Crippen molar-refractivity contribution < 1.29 is 4.79 Å². The van der Waals surface area contributed by atoms with Crippen molar-refractivity contribution >= 4 is 23.2 Å². The lowest BCUT2D eigenvalue weighted by atomic mass is 9.93. The number of amides is 1. The van der Waals surface area contributed by atoms with Crippen LogP contribution in [0.2, 0.25) is 0 Å². The van der Waals surface area contributed by atoms with Gasteiger partial charge < -0.3 is 15.5 Å². The van der Waals surface area contributed by atoms with Crippen LogP contribution in [0.4, 0.5) is 17.3 Å². The summed E-state index contributed by atoms with van der Waals surface area (Å²) < 4.78 is 0. The minimum atomic E-state index is 0.0968. The number of aromatic nitrogens is 2. The highest BCUT2D eigenvalue weighted by Crippen LogP contribution is 2.26. The van der Waals surface area contributed by atoms with E-state index in [4.69, 9.17) is 0 Å². The Kier molecular flexibility index (Phi) is 7.23. The van der Waals surface area contributed by atoms with E-state index in [2.05, 4.69) is 32.4 Å². The number of benzene rings is 1. The number of carbonyl (C=O) groups is 1. The summed E-state index contributed by atoms with van der Waals surface area (Å²) in [5.74, 6) is 2.46. The molecule has 0 radical (unpaired) electrons. The molecule has 2 heterocycles. The number of nitrogens with zero attached hydrogens (tertiary/aromatic N) is 3. The third kappa shape index (κ3) is 5.68. The standard InChI is InChI=1S/C22H31N5O/c1-3-12-23-20-14-21(25-16-24-20)27-13-6-8-18(15-27)10-11-22(28)26-19-9-5-4-7-17(19)2/h4-5,7,9,14,16,18H,3,6,8,10-13,15H2,1-2H3,(H,26,28)(H,23,24,25). The van der Waals surface area contributed by atoms with Gasteiger partial charge in [0.25, 0.3) is 0 Å². The topological polar surface area (TPSA) is 70.2 Å². The molecule has 1 aliphatic rings. The molecule has 28 heavy (non-hydrogen) atoms. The Morgan fingerprint density at radius 1 is 1.29 bits per heavy atom. The molecule has 0 spiro atoms. The van der Waals surface area contributed by atoms with Gasteiger partial charge in [0, 0.05) is 37.8 Å². The Morgan fingerprint density at radius 3 is 2.96 bits per heavy atom. The number of para-hydroxylation sites is 1. The smallest absolute Gasteiger partial charge is 0.224 e. The van der Waals surface area contributed by atoms with Gasteiger partial charge >= 0.3 is 0 Å². The van der Waals surface area contributed by atoms with Gasteiger partial charge in [0.1, 0.15) is 18.0 Å². The molecule has 1 aromatic heterocycles. The first-order chi connectivity index (χ1) is 13.7. The van der Waals surface area contributed by atoms with Gasteiger partial charge in [-0.05, 0) is 50.2 Å².